The van der Waals surface area contributed by atoms with E-state index in [1.165, 1.54) is 11.3 Å². The predicted molar refractivity (Wildman–Crippen MR) is 106 cm³/mol. The third-order valence-corrected chi connectivity index (χ3v) is 3.98. The lowest BCUT2D eigenvalue weighted by atomic mass is 10.2. The molecule has 0 fully saturated rings. The van der Waals surface area contributed by atoms with Crippen molar-refractivity contribution in [3.05, 3.63) is 59.7 Å². The molecule has 3 rings (SSSR count). The van der Waals surface area contributed by atoms with Crippen molar-refractivity contribution < 1.29 is 4.74 Å². The molecule has 0 saturated heterocycles. The first kappa shape index (κ1) is 17.6. The van der Waals surface area contributed by atoms with Gasteiger partial charge in [-0.15, -0.1) is 24.0 Å². The molecule has 122 valence electrons. The molecule has 1 aliphatic rings. The van der Waals surface area contributed by atoms with Crippen LogP contribution >= 0.6 is 24.0 Å². The summed E-state index contributed by atoms with van der Waals surface area (Å²) in [5.41, 5.74) is 3.75. The van der Waals surface area contributed by atoms with E-state index in [-0.39, 0.29) is 24.0 Å². The molecule has 23 heavy (non-hydrogen) atoms. The zero-order chi connectivity index (χ0) is 15.4. The number of fused-ring (bicyclic) bond motifs is 1. The lowest BCUT2D eigenvalue weighted by Crippen LogP contribution is -2.40. The average Bonchev–Trinajstić information content (AvgIpc) is 3.00. The Hall–Kier alpha value is -1.76. The third-order valence-electron chi connectivity index (χ3n) is 3.98. The largest absolute Gasteiger partial charge is 0.496 e. The van der Waals surface area contributed by atoms with Gasteiger partial charge in [-0.1, -0.05) is 36.4 Å². The van der Waals surface area contributed by atoms with Crippen LogP contribution in [-0.2, 0) is 13.0 Å². The van der Waals surface area contributed by atoms with Gasteiger partial charge in [-0.2, -0.15) is 0 Å². The molecule has 4 nitrogen and oxygen atoms in total. The Morgan fingerprint density at radius 3 is 2.70 bits per heavy atom. The molecule has 0 atom stereocenters. The SMILES string of the molecule is CN=C(NCc1ccccc1OC)N1CCc2ccccc21.I. The second-order valence-electron chi connectivity index (χ2n) is 5.24. The van der Waals surface area contributed by atoms with E-state index in [0.717, 1.165) is 30.2 Å². The molecule has 1 heterocycles. The van der Waals surface area contributed by atoms with Gasteiger partial charge < -0.3 is 15.0 Å². The van der Waals surface area contributed by atoms with Gasteiger partial charge in [0.25, 0.3) is 0 Å². The van der Waals surface area contributed by atoms with Gasteiger partial charge in [-0.25, -0.2) is 0 Å². The summed E-state index contributed by atoms with van der Waals surface area (Å²) >= 11 is 0. The molecular weight excluding hydrogens is 401 g/mol. The molecule has 0 unspecified atom stereocenters. The zero-order valence-electron chi connectivity index (χ0n) is 13.5. The van der Waals surface area contributed by atoms with Crippen molar-refractivity contribution in [2.45, 2.75) is 13.0 Å². The number of nitrogens with one attached hydrogen (secondary N) is 1. The maximum atomic E-state index is 5.40. The lowest BCUT2D eigenvalue weighted by molar-refractivity contribution is 0.409. The fourth-order valence-corrected chi connectivity index (χ4v) is 2.88. The summed E-state index contributed by atoms with van der Waals surface area (Å²) in [7, 11) is 3.52. The molecule has 0 radical (unpaired) electrons. The monoisotopic (exact) mass is 423 g/mol. The number of ether oxygens (including phenoxy) is 1. The number of benzene rings is 2. The fraction of sp³-hybridized carbons (Fsp3) is 0.278. The van der Waals surface area contributed by atoms with Gasteiger partial charge >= 0.3 is 0 Å². The van der Waals surface area contributed by atoms with Crippen molar-refractivity contribution in [1.29, 1.82) is 0 Å². The predicted octanol–water partition coefficient (Wildman–Crippen LogP) is 3.45. The van der Waals surface area contributed by atoms with Gasteiger partial charge in [0.05, 0.1) is 7.11 Å². The minimum absolute atomic E-state index is 0. The number of hydrogen-bond acceptors (Lipinski definition) is 2. The van der Waals surface area contributed by atoms with Crippen molar-refractivity contribution >= 4 is 35.6 Å². The average molecular weight is 423 g/mol. The highest BCUT2D eigenvalue weighted by molar-refractivity contribution is 14.0. The summed E-state index contributed by atoms with van der Waals surface area (Å²) in [6.07, 6.45) is 1.06. The standard InChI is InChI=1S/C18H21N3O.HI/c1-19-18(20-13-15-8-4-6-10-17(15)22-2)21-12-11-14-7-3-5-9-16(14)21;/h3-10H,11-13H2,1-2H3,(H,19,20);1H. The summed E-state index contributed by atoms with van der Waals surface area (Å²) in [5, 5.41) is 3.44. The molecule has 0 amide bonds. The van der Waals surface area contributed by atoms with Crippen LogP contribution in [0.2, 0.25) is 0 Å². The molecule has 0 saturated carbocycles. The molecule has 1 N–H and O–H groups in total. The highest BCUT2D eigenvalue weighted by Crippen LogP contribution is 2.27. The summed E-state index contributed by atoms with van der Waals surface area (Å²) in [4.78, 5) is 6.67. The normalized spacial score (nSPS) is 13.3. The highest BCUT2D eigenvalue weighted by atomic mass is 127. The summed E-state index contributed by atoms with van der Waals surface area (Å²) in [5.74, 6) is 1.79. The number of halogens is 1. The van der Waals surface area contributed by atoms with Crippen LogP contribution in [0.5, 0.6) is 5.75 Å². The third kappa shape index (κ3) is 3.77. The number of hydrogen-bond donors (Lipinski definition) is 1. The van der Waals surface area contributed by atoms with Crippen LogP contribution in [-0.4, -0.2) is 26.7 Å². The fourth-order valence-electron chi connectivity index (χ4n) is 2.88. The summed E-state index contributed by atoms with van der Waals surface area (Å²) in [6, 6.07) is 16.5. The van der Waals surface area contributed by atoms with E-state index in [1.54, 1.807) is 7.11 Å². The Morgan fingerprint density at radius 2 is 1.91 bits per heavy atom. The number of methoxy groups -OCH3 is 1. The van der Waals surface area contributed by atoms with Gasteiger partial charge in [0.1, 0.15) is 5.75 Å². The number of guanidine groups is 1. The van der Waals surface area contributed by atoms with E-state index in [0.29, 0.717) is 6.54 Å². The molecule has 0 spiro atoms. The van der Waals surface area contributed by atoms with E-state index in [2.05, 4.69) is 45.5 Å². The topological polar surface area (TPSA) is 36.9 Å². The van der Waals surface area contributed by atoms with Gasteiger partial charge in [-0.05, 0) is 24.1 Å². The second kappa shape index (κ2) is 8.19. The Bertz CT molecular complexity index is 687. The van der Waals surface area contributed by atoms with Gasteiger partial charge in [0.2, 0.25) is 0 Å². The first-order valence-corrected chi connectivity index (χ1v) is 7.51. The Morgan fingerprint density at radius 1 is 1.17 bits per heavy atom. The first-order chi connectivity index (χ1) is 10.8. The Kier molecular flexibility index (Phi) is 6.27. The first-order valence-electron chi connectivity index (χ1n) is 7.51. The van der Waals surface area contributed by atoms with Crippen LogP contribution in [0.3, 0.4) is 0 Å². The van der Waals surface area contributed by atoms with E-state index in [4.69, 9.17) is 4.74 Å². The Labute approximate surface area is 154 Å². The van der Waals surface area contributed by atoms with Crippen LogP contribution < -0.4 is 15.0 Å². The van der Waals surface area contributed by atoms with E-state index in [9.17, 15) is 0 Å². The number of para-hydroxylation sites is 2. The van der Waals surface area contributed by atoms with Crippen LogP contribution in [0.4, 0.5) is 5.69 Å². The van der Waals surface area contributed by atoms with Crippen molar-refractivity contribution in [2.24, 2.45) is 4.99 Å². The van der Waals surface area contributed by atoms with Crippen molar-refractivity contribution in [3.63, 3.8) is 0 Å². The molecule has 0 aromatic heterocycles. The number of rotatable bonds is 3. The smallest absolute Gasteiger partial charge is 0.198 e. The van der Waals surface area contributed by atoms with Crippen molar-refractivity contribution in [2.75, 3.05) is 25.6 Å². The number of nitrogens with zero attached hydrogens (tertiary/aromatic N) is 2. The molecule has 0 aliphatic carbocycles. The van der Waals surface area contributed by atoms with Crippen molar-refractivity contribution in [1.82, 2.24) is 5.32 Å². The van der Waals surface area contributed by atoms with Gasteiger partial charge in [0, 0.05) is 31.4 Å². The second-order valence-corrected chi connectivity index (χ2v) is 5.24. The Balaban J connectivity index is 0.00000192. The van der Waals surface area contributed by atoms with E-state index < -0.39 is 0 Å². The van der Waals surface area contributed by atoms with E-state index in [1.807, 2.05) is 25.2 Å². The lowest BCUT2D eigenvalue weighted by Gasteiger charge is -2.22. The summed E-state index contributed by atoms with van der Waals surface area (Å²) in [6.45, 7) is 1.65. The molecule has 2 aromatic rings. The quantitative estimate of drug-likeness (QED) is 0.467. The van der Waals surface area contributed by atoms with Crippen LogP contribution in [0.1, 0.15) is 11.1 Å². The maximum Gasteiger partial charge on any atom is 0.198 e. The highest BCUT2D eigenvalue weighted by Gasteiger charge is 2.22. The minimum Gasteiger partial charge on any atom is -0.496 e. The zero-order valence-corrected chi connectivity index (χ0v) is 15.8. The molecular formula is C18H22IN3O. The number of anilines is 1. The van der Waals surface area contributed by atoms with Gasteiger partial charge in [0.15, 0.2) is 5.96 Å². The van der Waals surface area contributed by atoms with Crippen molar-refractivity contribution in [3.8, 4) is 5.75 Å². The van der Waals surface area contributed by atoms with Crippen LogP contribution in [0.25, 0.3) is 0 Å². The molecule has 0 bridgehead atoms. The van der Waals surface area contributed by atoms with Crippen LogP contribution in [0.15, 0.2) is 53.5 Å². The molecule has 1 aliphatic heterocycles. The maximum absolute atomic E-state index is 5.40. The number of aliphatic imine (C=N–C) groups is 1. The molecule has 2 aromatic carbocycles. The van der Waals surface area contributed by atoms with Gasteiger partial charge in [-0.3, -0.25) is 4.99 Å². The summed E-state index contributed by atoms with van der Waals surface area (Å²) < 4.78 is 5.40. The van der Waals surface area contributed by atoms with E-state index >= 15 is 0 Å². The molecule has 5 heteroatoms. The van der Waals surface area contributed by atoms with Crippen LogP contribution in [0, 0.1) is 0 Å². The minimum atomic E-state index is 0.